The van der Waals surface area contributed by atoms with Crippen LogP contribution in [0.1, 0.15) is 26.6 Å². The number of aromatic nitrogens is 2. The first-order valence-corrected chi connectivity index (χ1v) is 6.16. The van der Waals surface area contributed by atoms with Crippen molar-refractivity contribution in [1.82, 2.24) is 9.97 Å². The van der Waals surface area contributed by atoms with E-state index in [4.69, 9.17) is 0 Å². The molecule has 0 fully saturated rings. The Kier molecular flexibility index (Phi) is 4.97. The van der Waals surface area contributed by atoms with Gasteiger partial charge in [-0.3, -0.25) is 0 Å². The third kappa shape index (κ3) is 4.92. The van der Waals surface area contributed by atoms with Gasteiger partial charge < -0.3 is 10.2 Å². The van der Waals surface area contributed by atoms with Crippen LogP contribution in [0.15, 0.2) is 6.07 Å². The van der Waals surface area contributed by atoms with Crippen molar-refractivity contribution in [3.8, 4) is 0 Å². The van der Waals surface area contributed by atoms with Gasteiger partial charge in [-0.25, -0.2) is 9.97 Å². The summed E-state index contributed by atoms with van der Waals surface area (Å²) in [6.45, 7) is 6.60. The van der Waals surface area contributed by atoms with Crippen LogP contribution in [0.25, 0.3) is 0 Å². The highest BCUT2D eigenvalue weighted by molar-refractivity contribution is 5.50. The average Bonchev–Trinajstić information content (AvgIpc) is 2.24. The van der Waals surface area contributed by atoms with E-state index in [1.807, 2.05) is 6.92 Å². The standard InChI is InChI=1S/C12H19F3N4/c1-5-16-10-6-11(18-9(4)17-10)19(8(2)3)7-12(13,14)15/h6,8H,5,7H2,1-4H3,(H,16,17,18). The highest BCUT2D eigenvalue weighted by Gasteiger charge is 2.32. The topological polar surface area (TPSA) is 41.0 Å². The van der Waals surface area contributed by atoms with Crippen LogP contribution in [0.3, 0.4) is 0 Å². The summed E-state index contributed by atoms with van der Waals surface area (Å²) in [7, 11) is 0. The molecule has 1 heterocycles. The summed E-state index contributed by atoms with van der Waals surface area (Å²) in [5.74, 6) is 1.27. The van der Waals surface area contributed by atoms with Crippen molar-refractivity contribution in [1.29, 1.82) is 0 Å². The maximum absolute atomic E-state index is 12.6. The highest BCUT2D eigenvalue weighted by Crippen LogP contribution is 2.24. The van der Waals surface area contributed by atoms with Gasteiger partial charge in [-0.05, 0) is 27.7 Å². The molecule has 1 rings (SSSR count). The fourth-order valence-corrected chi connectivity index (χ4v) is 1.69. The predicted octanol–water partition coefficient (Wildman–Crippen LogP) is 2.99. The fraction of sp³-hybridized carbons (Fsp3) is 0.667. The van der Waals surface area contributed by atoms with Crippen molar-refractivity contribution in [2.45, 2.75) is 39.9 Å². The molecule has 0 aliphatic rings. The zero-order chi connectivity index (χ0) is 14.6. The van der Waals surface area contributed by atoms with Crippen LogP contribution < -0.4 is 10.2 Å². The molecule has 0 bridgehead atoms. The van der Waals surface area contributed by atoms with Gasteiger partial charge in [-0.2, -0.15) is 13.2 Å². The average molecular weight is 276 g/mol. The minimum Gasteiger partial charge on any atom is -0.370 e. The van der Waals surface area contributed by atoms with E-state index in [1.165, 1.54) is 4.90 Å². The monoisotopic (exact) mass is 276 g/mol. The lowest BCUT2D eigenvalue weighted by Crippen LogP contribution is -2.39. The quantitative estimate of drug-likeness (QED) is 0.897. The van der Waals surface area contributed by atoms with Crippen molar-refractivity contribution in [2.24, 2.45) is 0 Å². The molecule has 0 saturated heterocycles. The van der Waals surface area contributed by atoms with Crippen molar-refractivity contribution in [3.05, 3.63) is 11.9 Å². The summed E-state index contributed by atoms with van der Waals surface area (Å²) in [5, 5.41) is 2.99. The Hall–Kier alpha value is -1.53. The third-order valence-electron chi connectivity index (χ3n) is 2.45. The van der Waals surface area contributed by atoms with Crippen molar-refractivity contribution < 1.29 is 13.2 Å². The Morgan fingerprint density at radius 3 is 2.42 bits per heavy atom. The van der Waals surface area contributed by atoms with Gasteiger partial charge in [0, 0.05) is 18.7 Å². The Morgan fingerprint density at radius 1 is 1.32 bits per heavy atom. The van der Waals surface area contributed by atoms with Crippen LogP contribution in [0, 0.1) is 6.92 Å². The van der Waals surface area contributed by atoms with Gasteiger partial charge in [0.25, 0.3) is 0 Å². The molecule has 0 aliphatic heterocycles. The number of nitrogens with one attached hydrogen (secondary N) is 1. The lowest BCUT2D eigenvalue weighted by Gasteiger charge is -2.29. The van der Waals surface area contributed by atoms with E-state index in [9.17, 15) is 13.2 Å². The molecule has 0 radical (unpaired) electrons. The first-order valence-electron chi connectivity index (χ1n) is 6.16. The molecule has 1 aromatic rings. The molecule has 108 valence electrons. The van der Waals surface area contributed by atoms with Crippen molar-refractivity contribution in [3.63, 3.8) is 0 Å². The number of alkyl halides is 3. The van der Waals surface area contributed by atoms with Crippen LogP contribution in [0.5, 0.6) is 0 Å². The highest BCUT2D eigenvalue weighted by atomic mass is 19.4. The number of hydrogen-bond acceptors (Lipinski definition) is 4. The third-order valence-corrected chi connectivity index (χ3v) is 2.45. The van der Waals surface area contributed by atoms with Gasteiger partial charge in [-0.1, -0.05) is 0 Å². The van der Waals surface area contributed by atoms with Gasteiger partial charge in [0.15, 0.2) is 0 Å². The van der Waals surface area contributed by atoms with E-state index in [0.717, 1.165) is 0 Å². The van der Waals surface area contributed by atoms with Gasteiger partial charge >= 0.3 is 6.18 Å². The second-order valence-electron chi connectivity index (χ2n) is 4.53. The largest absolute Gasteiger partial charge is 0.405 e. The van der Waals surface area contributed by atoms with Crippen LogP contribution in [0.2, 0.25) is 0 Å². The summed E-state index contributed by atoms with van der Waals surface area (Å²) < 4.78 is 37.8. The van der Waals surface area contributed by atoms with E-state index in [1.54, 1.807) is 26.8 Å². The molecular weight excluding hydrogens is 257 g/mol. The second-order valence-corrected chi connectivity index (χ2v) is 4.53. The molecule has 0 atom stereocenters. The normalized spacial score (nSPS) is 11.8. The number of anilines is 2. The van der Waals surface area contributed by atoms with Gasteiger partial charge in [-0.15, -0.1) is 0 Å². The van der Waals surface area contributed by atoms with Gasteiger partial charge in [0.1, 0.15) is 24.0 Å². The Bertz CT molecular complexity index is 418. The maximum atomic E-state index is 12.6. The molecule has 0 spiro atoms. The molecule has 4 nitrogen and oxygen atoms in total. The minimum absolute atomic E-state index is 0.288. The summed E-state index contributed by atoms with van der Waals surface area (Å²) in [4.78, 5) is 9.45. The lowest BCUT2D eigenvalue weighted by atomic mass is 10.3. The Labute approximate surface area is 111 Å². The molecule has 0 unspecified atom stereocenters. The zero-order valence-corrected chi connectivity index (χ0v) is 11.5. The molecule has 0 aliphatic carbocycles. The second kappa shape index (κ2) is 6.08. The first-order chi connectivity index (χ1) is 8.73. The molecule has 19 heavy (non-hydrogen) atoms. The summed E-state index contributed by atoms with van der Waals surface area (Å²) in [5.41, 5.74) is 0. The van der Waals surface area contributed by atoms with E-state index >= 15 is 0 Å². The number of hydrogen-bond donors (Lipinski definition) is 1. The SMILES string of the molecule is CCNc1cc(N(CC(F)(F)F)C(C)C)nc(C)n1. The van der Waals surface area contributed by atoms with E-state index in [2.05, 4.69) is 15.3 Å². The number of halogens is 3. The first kappa shape index (κ1) is 15.5. The number of rotatable bonds is 5. The molecule has 0 amide bonds. The van der Waals surface area contributed by atoms with Gasteiger partial charge in [0.05, 0.1) is 0 Å². The molecule has 1 N–H and O–H groups in total. The van der Waals surface area contributed by atoms with Gasteiger partial charge in [0.2, 0.25) is 0 Å². The lowest BCUT2D eigenvalue weighted by molar-refractivity contribution is -0.120. The van der Waals surface area contributed by atoms with Crippen LogP contribution in [0.4, 0.5) is 24.8 Å². The Balaban J connectivity index is 3.08. The fourth-order valence-electron chi connectivity index (χ4n) is 1.69. The summed E-state index contributed by atoms with van der Waals surface area (Å²) in [6, 6.07) is 1.24. The smallest absolute Gasteiger partial charge is 0.370 e. The summed E-state index contributed by atoms with van der Waals surface area (Å²) >= 11 is 0. The predicted molar refractivity (Wildman–Crippen MR) is 69.5 cm³/mol. The van der Waals surface area contributed by atoms with Crippen molar-refractivity contribution >= 4 is 11.6 Å². The van der Waals surface area contributed by atoms with E-state index in [-0.39, 0.29) is 11.9 Å². The minimum atomic E-state index is -4.26. The van der Waals surface area contributed by atoms with Crippen LogP contribution in [-0.4, -0.2) is 35.3 Å². The Morgan fingerprint density at radius 2 is 1.95 bits per heavy atom. The van der Waals surface area contributed by atoms with E-state index < -0.39 is 12.7 Å². The van der Waals surface area contributed by atoms with Crippen LogP contribution >= 0.6 is 0 Å². The zero-order valence-electron chi connectivity index (χ0n) is 11.5. The molecule has 7 heteroatoms. The maximum Gasteiger partial charge on any atom is 0.405 e. The molecular formula is C12H19F3N4. The number of aryl methyl sites for hydroxylation is 1. The van der Waals surface area contributed by atoms with Crippen molar-refractivity contribution in [2.75, 3.05) is 23.3 Å². The number of nitrogens with zero attached hydrogens (tertiary/aromatic N) is 3. The summed E-state index contributed by atoms with van der Waals surface area (Å²) in [6.07, 6.45) is -4.26. The molecule has 0 aromatic carbocycles. The molecule has 0 saturated carbocycles. The molecule has 1 aromatic heterocycles. The van der Waals surface area contributed by atoms with Crippen LogP contribution in [-0.2, 0) is 0 Å². The van der Waals surface area contributed by atoms with E-state index in [0.29, 0.717) is 18.2 Å².